The normalized spacial score (nSPS) is 15.3. The number of aromatic nitrogens is 3. The van der Waals surface area contributed by atoms with Gasteiger partial charge in [0.25, 0.3) is 0 Å². The van der Waals surface area contributed by atoms with Gasteiger partial charge in [0.2, 0.25) is 0 Å². The van der Waals surface area contributed by atoms with Gasteiger partial charge in [-0.15, -0.1) is 24.0 Å². The Morgan fingerprint density at radius 1 is 1.18 bits per heavy atom. The van der Waals surface area contributed by atoms with Gasteiger partial charge in [-0.1, -0.05) is 30.3 Å². The van der Waals surface area contributed by atoms with Crippen molar-refractivity contribution in [1.29, 1.82) is 0 Å². The molecule has 4 rings (SSSR count). The van der Waals surface area contributed by atoms with E-state index in [0.29, 0.717) is 13.1 Å². The molecule has 2 heterocycles. The molecular formula is C20H23IN6O. The molecule has 0 saturated heterocycles. The molecule has 1 atom stereocenters. The van der Waals surface area contributed by atoms with Crippen LogP contribution in [0.1, 0.15) is 11.1 Å². The minimum Gasteiger partial charge on any atom is -0.488 e. The zero-order chi connectivity index (χ0) is 18.5. The first kappa shape index (κ1) is 20.1. The van der Waals surface area contributed by atoms with Crippen molar-refractivity contribution in [3.63, 3.8) is 0 Å². The number of aliphatic imine (C=N–C) groups is 1. The molecule has 1 aromatic heterocycles. The van der Waals surface area contributed by atoms with Crippen LogP contribution in [0.2, 0.25) is 0 Å². The third-order valence-electron chi connectivity index (χ3n) is 4.51. The van der Waals surface area contributed by atoms with Gasteiger partial charge in [0.05, 0.1) is 12.2 Å². The fourth-order valence-corrected chi connectivity index (χ4v) is 3.09. The Kier molecular flexibility index (Phi) is 6.85. The van der Waals surface area contributed by atoms with E-state index in [1.807, 2.05) is 30.3 Å². The third-order valence-corrected chi connectivity index (χ3v) is 4.51. The molecule has 3 aromatic rings. The van der Waals surface area contributed by atoms with Crippen molar-refractivity contribution in [3.8, 4) is 11.4 Å². The summed E-state index contributed by atoms with van der Waals surface area (Å²) in [4.78, 5) is 8.25. The van der Waals surface area contributed by atoms with Gasteiger partial charge >= 0.3 is 0 Å². The lowest BCUT2D eigenvalue weighted by Gasteiger charge is -2.15. The lowest BCUT2D eigenvalue weighted by Crippen LogP contribution is -2.41. The maximum atomic E-state index is 5.95. The van der Waals surface area contributed by atoms with Gasteiger partial charge in [-0.05, 0) is 29.3 Å². The Balaban J connectivity index is 0.00000225. The van der Waals surface area contributed by atoms with Gasteiger partial charge in [0.15, 0.2) is 5.96 Å². The first-order valence-electron chi connectivity index (χ1n) is 8.95. The zero-order valence-electron chi connectivity index (χ0n) is 15.6. The molecule has 28 heavy (non-hydrogen) atoms. The maximum Gasteiger partial charge on any atom is 0.191 e. The number of halogens is 1. The van der Waals surface area contributed by atoms with E-state index in [4.69, 9.17) is 4.74 Å². The Morgan fingerprint density at radius 2 is 2.00 bits per heavy atom. The summed E-state index contributed by atoms with van der Waals surface area (Å²) in [6.45, 7) is 1.39. The average molecular weight is 490 g/mol. The minimum absolute atomic E-state index is 0. The molecular weight excluding hydrogens is 467 g/mol. The first-order valence-corrected chi connectivity index (χ1v) is 8.95. The van der Waals surface area contributed by atoms with Gasteiger partial charge in [-0.2, -0.15) is 5.10 Å². The number of hydrogen-bond acceptors (Lipinski definition) is 4. The largest absolute Gasteiger partial charge is 0.488 e. The second kappa shape index (κ2) is 9.54. The zero-order valence-corrected chi connectivity index (χ0v) is 17.9. The van der Waals surface area contributed by atoms with E-state index < -0.39 is 0 Å². The number of hydrogen-bond donors (Lipinski definition) is 2. The Morgan fingerprint density at radius 3 is 2.71 bits per heavy atom. The summed E-state index contributed by atoms with van der Waals surface area (Å²) in [5, 5.41) is 10.8. The molecule has 0 bridgehead atoms. The van der Waals surface area contributed by atoms with Gasteiger partial charge in [0.1, 0.15) is 24.5 Å². The Labute approximate surface area is 181 Å². The Hall–Kier alpha value is -2.62. The highest BCUT2D eigenvalue weighted by Gasteiger charge is 2.22. The van der Waals surface area contributed by atoms with Gasteiger partial charge in [0, 0.05) is 20.0 Å². The SMILES string of the molecule is CN=C(NCc1ccc(-n2cncn2)cc1)NCC1Cc2ccccc2O1.I. The molecule has 146 valence electrons. The van der Waals surface area contributed by atoms with Crippen LogP contribution in [-0.4, -0.2) is 40.4 Å². The summed E-state index contributed by atoms with van der Waals surface area (Å²) in [7, 11) is 1.77. The van der Waals surface area contributed by atoms with Crippen LogP contribution >= 0.6 is 24.0 Å². The monoisotopic (exact) mass is 490 g/mol. The summed E-state index contributed by atoms with van der Waals surface area (Å²) < 4.78 is 7.69. The van der Waals surface area contributed by atoms with Crippen molar-refractivity contribution in [2.45, 2.75) is 19.1 Å². The summed E-state index contributed by atoms with van der Waals surface area (Å²) in [6.07, 6.45) is 4.26. The summed E-state index contributed by atoms with van der Waals surface area (Å²) in [5.41, 5.74) is 3.41. The minimum atomic E-state index is 0. The summed E-state index contributed by atoms with van der Waals surface area (Å²) >= 11 is 0. The van der Waals surface area contributed by atoms with Crippen LogP contribution in [0.25, 0.3) is 5.69 Å². The van der Waals surface area contributed by atoms with Crippen molar-refractivity contribution >= 4 is 29.9 Å². The van der Waals surface area contributed by atoms with Crippen molar-refractivity contribution in [2.24, 2.45) is 4.99 Å². The Bertz CT molecular complexity index is 886. The highest BCUT2D eigenvalue weighted by Crippen LogP contribution is 2.27. The number of para-hydroxylation sites is 1. The van der Waals surface area contributed by atoms with Gasteiger partial charge in [-0.25, -0.2) is 9.67 Å². The van der Waals surface area contributed by atoms with Crippen LogP contribution < -0.4 is 15.4 Å². The summed E-state index contributed by atoms with van der Waals surface area (Å²) in [6, 6.07) is 16.4. The number of nitrogens with one attached hydrogen (secondary N) is 2. The quantitative estimate of drug-likeness (QED) is 0.327. The predicted molar refractivity (Wildman–Crippen MR) is 120 cm³/mol. The second-order valence-corrected chi connectivity index (χ2v) is 6.36. The smallest absolute Gasteiger partial charge is 0.191 e. The molecule has 1 unspecified atom stereocenters. The van der Waals surface area contributed by atoms with Gasteiger partial charge in [-0.3, -0.25) is 4.99 Å². The van der Waals surface area contributed by atoms with Crippen LogP contribution in [0.5, 0.6) is 5.75 Å². The van der Waals surface area contributed by atoms with E-state index in [2.05, 4.69) is 43.9 Å². The first-order chi connectivity index (χ1) is 13.3. The molecule has 2 aromatic carbocycles. The van der Waals surface area contributed by atoms with Crippen molar-refractivity contribution in [2.75, 3.05) is 13.6 Å². The van der Waals surface area contributed by atoms with E-state index >= 15 is 0 Å². The fourth-order valence-electron chi connectivity index (χ4n) is 3.09. The standard InChI is InChI=1S/C20H22N6O.HI/c1-21-20(24-12-18-10-16-4-2-3-5-19(16)27-18)23-11-15-6-8-17(9-7-15)26-14-22-13-25-26;/h2-9,13-14,18H,10-12H2,1H3,(H2,21,23,24);1H. The number of ether oxygens (including phenoxy) is 1. The lowest BCUT2D eigenvalue weighted by atomic mass is 10.1. The predicted octanol–water partition coefficient (Wildman–Crippen LogP) is 2.55. The number of guanidine groups is 1. The molecule has 7 nitrogen and oxygen atoms in total. The van der Waals surface area contributed by atoms with E-state index in [0.717, 1.165) is 29.4 Å². The fraction of sp³-hybridized carbons (Fsp3) is 0.250. The second-order valence-electron chi connectivity index (χ2n) is 6.36. The number of rotatable bonds is 5. The molecule has 0 spiro atoms. The molecule has 0 fully saturated rings. The van der Waals surface area contributed by atoms with E-state index in [9.17, 15) is 0 Å². The number of fused-ring (bicyclic) bond motifs is 1. The molecule has 0 radical (unpaired) electrons. The molecule has 0 aliphatic carbocycles. The summed E-state index contributed by atoms with van der Waals surface area (Å²) in [5.74, 6) is 1.75. The van der Waals surface area contributed by atoms with E-state index in [1.165, 1.54) is 11.9 Å². The van der Waals surface area contributed by atoms with Crippen LogP contribution in [0.4, 0.5) is 0 Å². The van der Waals surface area contributed by atoms with Gasteiger partial charge < -0.3 is 15.4 Å². The lowest BCUT2D eigenvalue weighted by molar-refractivity contribution is 0.235. The van der Waals surface area contributed by atoms with Crippen LogP contribution in [0, 0.1) is 0 Å². The highest BCUT2D eigenvalue weighted by atomic mass is 127. The number of benzene rings is 2. The maximum absolute atomic E-state index is 5.95. The highest BCUT2D eigenvalue weighted by molar-refractivity contribution is 14.0. The van der Waals surface area contributed by atoms with E-state index in [1.54, 1.807) is 18.1 Å². The van der Waals surface area contributed by atoms with Crippen LogP contribution in [0.15, 0.2) is 66.2 Å². The molecule has 1 aliphatic heterocycles. The average Bonchev–Trinajstić information content (AvgIpc) is 3.38. The van der Waals surface area contributed by atoms with Crippen molar-refractivity contribution in [3.05, 3.63) is 72.3 Å². The topological polar surface area (TPSA) is 76.4 Å². The van der Waals surface area contributed by atoms with E-state index in [-0.39, 0.29) is 30.1 Å². The third kappa shape index (κ3) is 4.80. The molecule has 8 heteroatoms. The molecule has 2 N–H and O–H groups in total. The van der Waals surface area contributed by atoms with Crippen molar-refractivity contribution < 1.29 is 4.74 Å². The molecule has 0 saturated carbocycles. The van der Waals surface area contributed by atoms with Crippen LogP contribution in [-0.2, 0) is 13.0 Å². The van der Waals surface area contributed by atoms with Crippen LogP contribution in [0.3, 0.4) is 0 Å². The van der Waals surface area contributed by atoms with Crippen molar-refractivity contribution in [1.82, 2.24) is 25.4 Å². The molecule has 1 aliphatic rings. The number of nitrogens with zero attached hydrogens (tertiary/aromatic N) is 4. The molecule has 0 amide bonds.